The molecule has 16 heavy (non-hydrogen) atoms. The average molecular weight is 218 g/mol. The minimum absolute atomic E-state index is 0.180. The first-order chi connectivity index (χ1) is 7.68. The fourth-order valence-corrected chi connectivity index (χ4v) is 2.43. The van der Waals surface area contributed by atoms with Gasteiger partial charge in [0.25, 0.3) is 0 Å². The average Bonchev–Trinajstić information content (AvgIpc) is 2.29. The van der Waals surface area contributed by atoms with E-state index >= 15 is 0 Å². The molecule has 0 saturated carbocycles. The van der Waals surface area contributed by atoms with Crippen LogP contribution < -0.4 is 0 Å². The topological polar surface area (TPSA) is 33.2 Å². The molecule has 2 heterocycles. The van der Waals surface area contributed by atoms with Gasteiger partial charge >= 0.3 is 0 Å². The van der Waals surface area contributed by atoms with E-state index < -0.39 is 0 Å². The van der Waals surface area contributed by atoms with Crippen molar-refractivity contribution in [3.05, 3.63) is 29.6 Å². The SMILES string of the molecule is CC(=O)N1CCCC[C@@H]1c1ccnc(C)c1. The summed E-state index contributed by atoms with van der Waals surface area (Å²) in [5, 5.41) is 0. The molecule has 0 unspecified atom stereocenters. The molecule has 1 amide bonds. The van der Waals surface area contributed by atoms with Gasteiger partial charge in [-0.15, -0.1) is 0 Å². The van der Waals surface area contributed by atoms with Crippen molar-refractivity contribution < 1.29 is 4.79 Å². The molecule has 1 atom stereocenters. The summed E-state index contributed by atoms with van der Waals surface area (Å²) in [6.45, 7) is 4.54. The lowest BCUT2D eigenvalue weighted by Gasteiger charge is -2.35. The number of hydrogen-bond acceptors (Lipinski definition) is 2. The highest BCUT2D eigenvalue weighted by molar-refractivity contribution is 5.74. The molecule has 0 spiro atoms. The van der Waals surface area contributed by atoms with Crippen molar-refractivity contribution in [3.8, 4) is 0 Å². The smallest absolute Gasteiger partial charge is 0.219 e. The summed E-state index contributed by atoms with van der Waals surface area (Å²) < 4.78 is 0. The fourth-order valence-electron chi connectivity index (χ4n) is 2.43. The minimum atomic E-state index is 0.180. The molecule has 1 aliphatic heterocycles. The second kappa shape index (κ2) is 4.64. The zero-order valence-electron chi connectivity index (χ0n) is 9.94. The molecule has 2 rings (SSSR count). The van der Waals surface area contributed by atoms with E-state index in [2.05, 4.69) is 11.1 Å². The first kappa shape index (κ1) is 11.1. The van der Waals surface area contributed by atoms with Crippen LogP contribution in [0.2, 0.25) is 0 Å². The van der Waals surface area contributed by atoms with Crippen molar-refractivity contribution in [2.24, 2.45) is 0 Å². The number of aromatic nitrogens is 1. The van der Waals surface area contributed by atoms with E-state index in [1.807, 2.05) is 24.1 Å². The van der Waals surface area contributed by atoms with Gasteiger partial charge in [-0.05, 0) is 43.9 Å². The van der Waals surface area contributed by atoms with Gasteiger partial charge < -0.3 is 4.90 Å². The molecular weight excluding hydrogens is 200 g/mol. The number of piperidine rings is 1. The van der Waals surface area contributed by atoms with Crippen LogP contribution in [-0.4, -0.2) is 22.3 Å². The highest BCUT2D eigenvalue weighted by atomic mass is 16.2. The van der Waals surface area contributed by atoms with E-state index in [4.69, 9.17) is 0 Å². The summed E-state index contributed by atoms with van der Waals surface area (Å²) in [5.74, 6) is 0.180. The van der Waals surface area contributed by atoms with E-state index in [1.165, 1.54) is 12.0 Å². The van der Waals surface area contributed by atoms with Crippen LogP contribution in [0.3, 0.4) is 0 Å². The summed E-state index contributed by atoms with van der Waals surface area (Å²) in [7, 11) is 0. The number of aryl methyl sites for hydroxylation is 1. The van der Waals surface area contributed by atoms with Crippen LogP contribution in [0.5, 0.6) is 0 Å². The molecule has 0 N–H and O–H groups in total. The Hall–Kier alpha value is -1.38. The monoisotopic (exact) mass is 218 g/mol. The summed E-state index contributed by atoms with van der Waals surface area (Å²) in [6, 6.07) is 4.37. The van der Waals surface area contributed by atoms with E-state index in [0.29, 0.717) is 0 Å². The molecule has 3 nitrogen and oxygen atoms in total. The quantitative estimate of drug-likeness (QED) is 0.725. The summed E-state index contributed by atoms with van der Waals surface area (Å²) in [6.07, 6.45) is 5.23. The Morgan fingerprint density at radius 2 is 2.31 bits per heavy atom. The third-order valence-corrected chi connectivity index (χ3v) is 3.21. The number of amides is 1. The first-order valence-corrected chi connectivity index (χ1v) is 5.88. The Labute approximate surface area is 96.5 Å². The first-order valence-electron chi connectivity index (χ1n) is 5.88. The van der Waals surface area contributed by atoms with Gasteiger partial charge in [-0.3, -0.25) is 9.78 Å². The minimum Gasteiger partial charge on any atom is -0.336 e. The van der Waals surface area contributed by atoms with Crippen LogP contribution in [0.1, 0.15) is 43.5 Å². The Balaban J connectivity index is 2.26. The van der Waals surface area contributed by atoms with E-state index in [-0.39, 0.29) is 11.9 Å². The number of likely N-dealkylation sites (tertiary alicyclic amines) is 1. The van der Waals surface area contributed by atoms with Crippen molar-refractivity contribution >= 4 is 5.91 Å². The number of carbonyl (C=O) groups excluding carboxylic acids is 1. The van der Waals surface area contributed by atoms with Crippen molar-refractivity contribution in [2.45, 2.75) is 39.2 Å². The number of nitrogens with zero attached hydrogens (tertiary/aromatic N) is 2. The Morgan fingerprint density at radius 3 is 3.00 bits per heavy atom. The van der Waals surface area contributed by atoms with Crippen LogP contribution in [0, 0.1) is 6.92 Å². The molecule has 1 fully saturated rings. The van der Waals surface area contributed by atoms with Crippen molar-refractivity contribution in [1.29, 1.82) is 0 Å². The zero-order valence-corrected chi connectivity index (χ0v) is 9.94. The standard InChI is InChI=1S/C13H18N2O/c1-10-9-12(6-7-14-10)13-5-3-4-8-15(13)11(2)16/h6-7,9,13H,3-5,8H2,1-2H3/t13-/m1/s1. The van der Waals surface area contributed by atoms with Crippen LogP contribution >= 0.6 is 0 Å². The lowest BCUT2D eigenvalue weighted by atomic mass is 9.95. The summed E-state index contributed by atoms with van der Waals surface area (Å²) >= 11 is 0. The molecule has 1 aromatic heterocycles. The maximum absolute atomic E-state index is 11.6. The van der Waals surface area contributed by atoms with Gasteiger partial charge in [-0.25, -0.2) is 0 Å². The third kappa shape index (κ3) is 2.23. The predicted molar refractivity (Wildman–Crippen MR) is 63.0 cm³/mol. The molecule has 0 radical (unpaired) electrons. The van der Waals surface area contributed by atoms with Crippen LogP contribution in [-0.2, 0) is 4.79 Å². The highest BCUT2D eigenvalue weighted by Crippen LogP contribution is 2.30. The third-order valence-electron chi connectivity index (χ3n) is 3.21. The summed E-state index contributed by atoms with van der Waals surface area (Å²) in [5.41, 5.74) is 2.24. The van der Waals surface area contributed by atoms with Crippen LogP contribution in [0.4, 0.5) is 0 Å². The second-order valence-corrected chi connectivity index (χ2v) is 4.45. The molecular formula is C13H18N2O. The molecule has 1 saturated heterocycles. The van der Waals surface area contributed by atoms with Gasteiger partial charge in [0.05, 0.1) is 6.04 Å². The molecule has 0 aromatic carbocycles. The van der Waals surface area contributed by atoms with E-state index in [1.54, 1.807) is 6.92 Å². The molecule has 3 heteroatoms. The normalized spacial score (nSPS) is 20.9. The van der Waals surface area contributed by atoms with E-state index in [0.717, 1.165) is 25.1 Å². The maximum atomic E-state index is 11.6. The number of carbonyl (C=O) groups is 1. The van der Waals surface area contributed by atoms with Gasteiger partial charge in [0.1, 0.15) is 0 Å². The van der Waals surface area contributed by atoms with Crippen molar-refractivity contribution in [1.82, 2.24) is 9.88 Å². The number of pyridine rings is 1. The number of hydrogen-bond donors (Lipinski definition) is 0. The Kier molecular flexibility index (Phi) is 3.22. The van der Waals surface area contributed by atoms with Crippen LogP contribution in [0.15, 0.2) is 18.3 Å². The van der Waals surface area contributed by atoms with E-state index in [9.17, 15) is 4.79 Å². The van der Waals surface area contributed by atoms with Gasteiger partial charge in [0.2, 0.25) is 5.91 Å². The lowest BCUT2D eigenvalue weighted by Crippen LogP contribution is -2.36. The highest BCUT2D eigenvalue weighted by Gasteiger charge is 2.25. The fraction of sp³-hybridized carbons (Fsp3) is 0.538. The Bertz CT molecular complexity index is 389. The molecule has 0 bridgehead atoms. The number of rotatable bonds is 1. The van der Waals surface area contributed by atoms with Crippen molar-refractivity contribution in [3.63, 3.8) is 0 Å². The van der Waals surface area contributed by atoms with Crippen molar-refractivity contribution in [2.75, 3.05) is 6.54 Å². The van der Waals surface area contributed by atoms with Crippen LogP contribution in [0.25, 0.3) is 0 Å². The van der Waals surface area contributed by atoms with Gasteiger partial charge in [0, 0.05) is 25.4 Å². The van der Waals surface area contributed by atoms with Gasteiger partial charge in [-0.1, -0.05) is 0 Å². The molecule has 1 aliphatic rings. The lowest BCUT2D eigenvalue weighted by molar-refractivity contribution is -0.132. The van der Waals surface area contributed by atoms with Gasteiger partial charge in [-0.2, -0.15) is 0 Å². The molecule has 1 aromatic rings. The van der Waals surface area contributed by atoms with Gasteiger partial charge in [0.15, 0.2) is 0 Å². The molecule has 86 valence electrons. The largest absolute Gasteiger partial charge is 0.336 e. The predicted octanol–water partition coefficient (Wildman–Crippen LogP) is 2.46. The molecule has 0 aliphatic carbocycles. The second-order valence-electron chi connectivity index (χ2n) is 4.45. The Morgan fingerprint density at radius 1 is 1.50 bits per heavy atom. The summed E-state index contributed by atoms with van der Waals surface area (Å²) in [4.78, 5) is 17.8. The maximum Gasteiger partial charge on any atom is 0.219 e. The zero-order chi connectivity index (χ0) is 11.5.